The Balaban J connectivity index is 2.17. The summed E-state index contributed by atoms with van der Waals surface area (Å²) in [5, 5.41) is 2.03. The number of carbonyl (C=O) groups is 2. The number of nitrogen functional groups attached to an aromatic ring is 1. The summed E-state index contributed by atoms with van der Waals surface area (Å²) in [6, 6.07) is 6.13. The maximum atomic E-state index is 12.8. The van der Waals surface area contributed by atoms with E-state index in [1.165, 1.54) is 12.1 Å². The summed E-state index contributed by atoms with van der Waals surface area (Å²) in [5.41, 5.74) is 4.89. The fourth-order valence-corrected chi connectivity index (χ4v) is 2.23. The largest absolute Gasteiger partial charge is 0.452 e. The lowest BCUT2D eigenvalue weighted by atomic mass is 10.0. The first-order chi connectivity index (χ1) is 12.2. The first-order valence-electron chi connectivity index (χ1n) is 7.42. The van der Waals surface area contributed by atoms with Crippen molar-refractivity contribution in [1.29, 1.82) is 0 Å². The fraction of sp³-hybridized carbons (Fsp3) is 0.250. The highest BCUT2D eigenvalue weighted by Crippen LogP contribution is 2.20. The number of hydrogen-bond donors (Lipinski definition) is 2. The minimum absolute atomic E-state index is 0.215. The summed E-state index contributed by atoms with van der Waals surface area (Å²) in [6.45, 7) is -0.618. The van der Waals surface area contributed by atoms with Crippen molar-refractivity contribution in [2.24, 2.45) is 0 Å². The molecular weight excluding hydrogens is 353 g/mol. The summed E-state index contributed by atoms with van der Waals surface area (Å²) in [5.74, 6) is -3.02. The van der Waals surface area contributed by atoms with Crippen molar-refractivity contribution in [1.82, 2.24) is 14.9 Å². The van der Waals surface area contributed by atoms with Gasteiger partial charge >= 0.3 is 6.18 Å². The quantitative estimate of drug-likeness (QED) is 0.780. The fourth-order valence-electron chi connectivity index (χ4n) is 2.23. The summed E-state index contributed by atoms with van der Waals surface area (Å²) >= 11 is 0. The van der Waals surface area contributed by atoms with Gasteiger partial charge in [-0.05, 0) is 5.56 Å². The third-order valence-corrected chi connectivity index (χ3v) is 3.46. The van der Waals surface area contributed by atoms with Crippen LogP contribution in [0.3, 0.4) is 0 Å². The highest BCUT2D eigenvalue weighted by Gasteiger charge is 2.43. The highest BCUT2D eigenvalue weighted by molar-refractivity contribution is 5.92. The second-order valence-corrected chi connectivity index (χ2v) is 5.45. The Morgan fingerprint density at radius 3 is 2.50 bits per heavy atom. The van der Waals surface area contributed by atoms with Crippen molar-refractivity contribution in [2.75, 3.05) is 5.73 Å². The number of Topliss-reactive ketones (excluding diaryl/α,β-unsaturated/α-hetero) is 1. The summed E-state index contributed by atoms with van der Waals surface area (Å²) in [4.78, 5) is 39.1. The molecule has 1 amide bonds. The van der Waals surface area contributed by atoms with Crippen molar-refractivity contribution >= 4 is 17.4 Å². The van der Waals surface area contributed by atoms with E-state index in [0.29, 0.717) is 5.56 Å². The monoisotopic (exact) mass is 368 g/mol. The van der Waals surface area contributed by atoms with Gasteiger partial charge in [-0.2, -0.15) is 13.2 Å². The number of alkyl halides is 3. The van der Waals surface area contributed by atoms with Gasteiger partial charge in [0.15, 0.2) is 0 Å². The number of carbonyl (C=O) groups excluding carboxylic acids is 2. The number of anilines is 1. The smallest absolute Gasteiger partial charge is 0.393 e. The number of nitrogens with one attached hydrogen (secondary N) is 1. The Kier molecular flexibility index (Phi) is 5.75. The molecule has 1 heterocycles. The molecular formula is C16H15F3N4O3. The third-order valence-electron chi connectivity index (χ3n) is 3.46. The van der Waals surface area contributed by atoms with Crippen molar-refractivity contribution in [2.45, 2.75) is 25.2 Å². The second kappa shape index (κ2) is 7.81. The summed E-state index contributed by atoms with van der Waals surface area (Å²) in [6.07, 6.45) is -3.34. The minimum atomic E-state index is -5.11. The molecule has 0 saturated carbocycles. The number of nitrogens with zero attached hydrogens (tertiary/aromatic N) is 2. The molecule has 0 aliphatic rings. The average Bonchev–Trinajstić information content (AvgIpc) is 2.58. The molecule has 0 aliphatic carbocycles. The van der Waals surface area contributed by atoms with Crippen LogP contribution in [0.25, 0.3) is 0 Å². The summed E-state index contributed by atoms with van der Waals surface area (Å²) < 4.78 is 39.3. The lowest BCUT2D eigenvalue weighted by molar-refractivity contribution is -0.173. The Morgan fingerprint density at radius 1 is 1.23 bits per heavy atom. The van der Waals surface area contributed by atoms with Crippen molar-refractivity contribution in [3.8, 4) is 0 Å². The highest BCUT2D eigenvalue weighted by atomic mass is 19.4. The van der Waals surface area contributed by atoms with Gasteiger partial charge in [0.2, 0.25) is 5.91 Å². The van der Waals surface area contributed by atoms with E-state index in [-0.39, 0.29) is 12.1 Å². The van der Waals surface area contributed by atoms with Crippen LogP contribution < -0.4 is 16.6 Å². The van der Waals surface area contributed by atoms with E-state index in [1.54, 1.807) is 18.2 Å². The van der Waals surface area contributed by atoms with Crippen LogP contribution in [0.5, 0.6) is 0 Å². The predicted octanol–water partition coefficient (Wildman–Crippen LogP) is 0.684. The Labute approximate surface area is 145 Å². The van der Waals surface area contributed by atoms with E-state index in [2.05, 4.69) is 4.98 Å². The molecule has 0 radical (unpaired) electrons. The number of aromatic nitrogens is 2. The van der Waals surface area contributed by atoms with Gasteiger partial charge in [0.25, 0.3) is 11.3 Å². The zero-order chi connectivity index (χ0) is 19.3. The van der Waals surface area contributed by atoms with Gasteiger partial charge in [0.1, 0.15) is 18.3 Å². The number of ketones is 1. The van der Waals surface area contributed by atoms with E-state index in [0.717, 1.165) is 17.1 Å². The molecule has 0 spiro atoms. The van der Waals surface area contributed by atoms with Crippen molar-refractivity contribution < 1.29 is 22.8 Å². The Bertz CT molecular complexity index is 850. The van der Waals surface area contributed by atoms with Crippen molar-refractivity contribution in [3.05, 3.63) is 58.8 Å². The number of hydrogen-bond acceptors (Lipinski definition) is 5. The van der Waals surface area contributed by atoms with Crippen LogP contribution in [0.2, 0.25) is 0 Å². The molecule has 1 atom stereocenters. The number of nitrogens with two attached hydrogens (primary N) is 1. The van der Waals surface area contributed by atoms with Crippen LogP contribution in [-0.4, -0.2) is 33.5 Å². The maximum Gasteiger partial charge on any atom is 0.452 e. The van der Waals surface area contributed by atoms with Crippen LogP contribution in [-0.2, 0) is 22.6 Å². The third kappa shape index (κ3) is 4.91. The van der Waals surface area contributed by atoms with Crippen LogP contribution in [0.1, 0.15) is 5.56 Å². The standard InChI is InChI=1S/C16H15F3N4O3/c17-16(18,19)14(25)12(6-10-4-2-1-3-5-10)22-13(24)8-23-9-21-7-11(20)15(23)26/h1-5,7,9,12H,6,8,20H2,(H,22,24). The Hall–Kier alpha value is -3.17. The van der Waals surface area contributed by atoms with E-state index in [4.69, 9.17) is 5.73 Å². The van der Waals surface area contributed by atoms with E-state index >= 15 is 0 Å². The Morgan fingerprint density at radius 2 is 1.88 bits per heavy atom. The summed E-state index contributed by atoms with van der Waals surface area (Å²) in [7, 11) is 0. The van der Waals surface area contributed by atoms with Crippen LogP contribution in [0.4, 0.5) is 18.9 Å². The zero-order valence-corrected chi connectivity index (χ0v) is 13.4. The first-order valence-corrected chi connectivity index (χ1v) is 7.42. The molecule has 2 aromatic rings. The SMILES string of the molecule is Nc1cncn(CC(=O)NC(Cc2ccccc2)C(=O)C(F)(F)F)c1=O. The van der Waals surface area contributed by atoms with Crippen molar-refractivity contribution in [3.63, 3.8) is 0 Å². The van der Waals surface area contributed by atoms with E-state index < -0.39 is 36.0 Å². The van der Waals surface area contributed by atoms with E-state index in [1.807, 2.05) is 5.32 Å². The van der Waals surface area contributed by atoms with Gasteiger partial charge in [-0.15, -0.1) is 0 Å². The molecule has 1 aromatic carbocycles. The molecule has 1 unspecified atom stereocenters. The zero-order valence-electron chi connectivity index (χ0n) is 13.4. The molecule has 0 aliphatic heterocycles. The molecule has 0 fully saturated rings. The molecule has 0 bridgehead atoms. The molecule has 26 heavy (non-hydrogen) atoms. The molecule has 0 saturated heterocycles. The van der Waals surface area contributed by atoms with Gasteiger partial charge < -0.3 is 11.1 Å². The minimum Gasteiger partial charge on any atom is -0.393 e. The molecule has 138 valence electrons. The van der Waals surface area contributed by atoms with Gasteiger partial charge in [-0.3, -0.25) is 19.0 Å². The molecule has 10 heteroatoms. The van der Waals surface area contributed by atoms with Gasteiger partial charge in [0, 0.05) is 6.42 Å². The van der Waals surface area contributed by atoms with Crippen LogP contribution in [0.15, 0.2) is 47.7 Å². The lowest BCUT2D eigenvalue weighted by Gasteiger charge is -2.19. The van der Waals surface area contributed by atoms with Gasteiger partial charge in [-0.1, -0.05) is 30.3 Å². The topological polar surface area (TPSA) is 107 Å². The van der Waals surface area contributed by atoms with Crippen LogP contribution >= 0.6 is 0 Å². The number of amides is 1. The van der Waals surface area contributed by atoms with Gasteiger partial charge in [0.05, 0.1) is 12.5 Å². The predicted molar refractivity (Wildman–Crippen MR) is 86.0 cm³/mol. The van der Waals surface area contributed by atoms with Crippen LogP contribution in [0, 0.1) is 0 Å². The number of benzene rings is 1. The number of rotatable bonds is 6. The molecule has 3 N–H and O–H groups in total. The average molecular weight is 368 g/mol. The molecule has 1 aromatic heterocycles. The van der Waals surface area contributed by atoms with Gasteiger partial charge in [-0.25, -0.2) is 4.98 Å². The normalized spacial score (nSPS) is 12.4. The first kappa shape index (κ1) is 19.2. The van der Waals surface area contributed by atoms with E-state index in [9.17, 15) is 27.6 Å². The molecule has 2 rings (SSSR count). The maximum absolute atomic E-state index is 12.8. The second-order valence-electron chi connectivity index (χ2n) is 5.45. The molecule has 7 nitrogen and oxygen atoms in total. The number of halogens is 3. The lowest BCUT2D eigenvalue weighted by Crippen LogP contribution is -2.49.